The number of nitrogens with zero attached hydrogens (tertiary/aromatic N) is 2. The zero-order valence-corrected chi connectivity index (χ0v) is 12.5. The Balaban J connectivity index is 3.10. The van der Waals surface area contributed by atoms with Gasteiger partial charge in [0, 0.05) is 50.5 Å². The van der Waals surface area contributed by atoms with E-state index in [9.17, 15) is 18.1 Å². The van der Waals surface area contributed by atoms with Crippen molar-refractivity contribution in [1.82, 2.24) is 4.90 Å². The lowest BCUT2D eigenvalue weighted by atomic mass is 9.96. The van der Waals surface area contributed by atoms with Crippen molar-refractivity contribution in [2.24, 2.45) is 0 Å². The summed E-state index contributed by atoms with van der Waals surface area (Å²) in [5.74, 6) is -1.40. The van der Waals surface area contributed by atoms with Crippen molar-refractivity contribution in [1.29, 1.82) is 0 Å². The molecule has 0 saturated heterocycles. The van der Waals surface area contributed by atoms with Gasteiger partial charge in [0.2, 0.25) is 11.1 Å². The highest BCUT2D eigenvalue weighted by Crippen LogP contribution is 2.36. The van der Waals surface area contributed by atoms with E-state index in [2.05, 4.69) is 0 Å². The maximum Gasteiger partial charge on any atom is 0.283 e. The van der Waals surface area contributed by atoms with Crippen LogP contribution in [-0.2, 0) is 14.9 Å². The van der Waals surface area contributed by atoms with Crippen molar-refractivity contribution in [2.45, 2.75) is 38.8 Å². The second kappa shape index (κ2) is 4.38. The molecule has 8 heteroatoms. The lowest BCUT2D eigenvalue weighted by molar-refractivity contribution is -0.651. The first-order valence-corrected chi connectivity index (χ1v) is 7.31. The lowest BCUT2D eigenvalue weighted by Crippen LogP contribution is -2.44. The van der Waals surface area contributed by atoms with Crippen molar-refractivity contribution in [3.05, 3.63) is 16.6 Å². The van der Waals surface area contributed by atoms with Crippen molar-refractivity contribution in [2.75, 3.05) is 12.9 Å². The zero-order chi connectivity index (χ0) is 15.2. The third kappa shape index (κ3) is 3.01. The Morgan fingerprint density at radius 1 is 1.37 bits per heavy atom. The molecule has 1 heterocycles. The molecule has 0 saturated carbocycles. The van der Waals surface area contributed by atoms with Gasteiger partial charge in [-0.05, 0) is 0 Å². The smallest absolute Gasteiger partial charge is 0.283 e. The van der Waals surface area contributed by atoms with Crippen LogP contribution < -0.4 is 0 Å². The van der Waals surface area contributed by atoms with Crippen LogP contribution in [0.15, 0.2) is 11.6 Å². The van der Waals surface area contributed by atoms with E-state index in [1.807, 2.05) is 0 Å². The zero-order valence-electron chi connectivity index (χ0n) is 11.7. The number of rotatable bonds is 3. The van der Waals surface area contributed by atoms with Gasteiger partial charge >= 0.3 is 0 Å². The Hall–Kier alpha value is -1.28. The summed E-state index contributed by atoms with van der Waals surface area (Å²) < 4.78 is 31.1. The molecule has 1 N–H and O–H groups in total. The number of hydrogen-bond donors (Lipinski definition) is 1. The molecule has 1 aliphatic rings. The fourth-order valence-electron chi connectivity index (χ4n) is 2.25. The van der Waals surface area contributed by atoms with Gasteiger partial charge in [0.15, 0.2) is 0 Å². The molecule has 1 rings (SSSR count). The van der Waals surface area contributed by atoms with Crippen molar-refractivity contribution < 1.29 is 22.5 Å². The fraction of sp³-hybridized carbons (Fsp3) is 0.727. The first-order chi connectivity index (χ1) is 8.29. The highest BCUT2D eigenvalue weighted by Gasteiger charge is 2.57. The highest BCUT2D eigenvalue weighted by molar-refractivity contribution is 7.85. The number of nitroso groups, excluding NO2 is 1. The van der Waals surface area contributed by atoms with Crippen LogP contribution in [0.1, 0.15) is 27.7 Å². The summed E-state index contributed by atoms with van der Waals surface area (Å²) in [6, 6.07) is 0. The van der Waals surface area contributed by atoms with Gasteiger partial charge in [-0.3, -0.25) is 9.35 Å². The van der Waals surface area contributed by atoms with Crippen LogP contribution in [0.4, 0.5) is 0 Å². The minimum Gasteiger partial charge on any atom is -0.325 e. The quantitative estimate of drug-likeness (QED) is 0.606. The van der Waals surface area contributed by atoms with Crippen LogP contribution >= 0.6 is 0 Å². The molecule has 7 nitrogen and oxygen atoms in total. The molecule has 0 fully saturated rings. The van der Waals surface area contributed by atoms with Crippen LogP contribution in [0.3, 0.4) is 0 Å². The topological polar surface area (TPSA) is 94.8 Å². The molecule has 0 aromatic heterocycles. The molecule has 0 spiro atoms. The summed E-state index contributed by atoms with van der Waals surface area (Å²) in [6.45, 7) is 6.54. The van der Waals surface area contributed by atoms with E-state index in [0.29, 0.717) is 0 Å². The first kappa shape index (κ1) is 15.8. The standard InChI is InChI=1S/C11H18N2O5S/c1-10(2)6-8(11(3,4)13(10)15)9(14)12(5)7-19(16,17)18/h6H,7H2,1-5H3/p+1. The summed E-state index contributed by atoms with van der Waals surface area (Å²) >= 11 is 0. The molecule has 0 unspecified atom stereocenters. The van der Waals surface area contributed by atoms with E-state index in [-0.39, 0.29) is 5.57 Å². The summed E-state index contributed by atoms with van der Waals surface area (Å²) in [5, 5.41) is 0. The minimum absolute atomic E-state index is 0.221. The third-order valence-corrected chi connectivity index (χ3v) is 3.84. The predicted molar refractivity (Wildman–Crippen MR) is 69.1 cm³/mol. The van der Waals surface area contributed by atoms with Gasteiger partial charge in [-0.1, -0.05) is 0 Å². The normalized spacial score (nSPS) is 21.2. The van der Waals surface area contributed by atoms with E-state index in [1.54, 1.807) is 27.7 Å². The number of carbonyl (C=O) groups is 1. The van der Waals surface area contributed by atoms with Crippen molar-refractivity contribution >= 4 is 16.0 Å². The van der Waals surface area contributed by atoms with Crippen molar-refractivity contribution in [3.8, 4) is 0 Å². The number of carbonyl (C=O) groups excluding carboxylic acids is 1. The minimum atomic E-state index is -4.29. The molecule has 108 valence electrons. The Bertz CT molecular complexity index is 560. The van der Waals surface area contributed by atoms with Gasteiger partial charge in [0.1, 0.15) is 5.88 Å². The molecule has 0 aromatic carbocycles. The maximum atomic E-state index is 12.2. The molecule has 0 bridgehead atoms. The predicted octanol–water partition coefficient (Wildman–Crippen LogP) is 0.566. The van der Waals surface area contributed by atoms with Crippen LogP contribution in [0.25, 0.3) is 0 Å². The number of likely N-dealkylation sites (N-methyl/N-ethyl adjacent to an activating group) is 1. The maximum absolute atomic E-state index is 12.2. The lowest BCUT2D eigenvalue weighted by Gasteiger charge is -2.20. The fourth-order valence-corrected chi connectivity index (χ4v) is 2.86. The second-order valence-corrected chi connectivity index (χ2v) is 7.20. The molecule has 0 aromatic rings. The third-order valence-electron chi connectivity index (χ3n) is 3.12. The summed E-state index contributed by atoms with van der Waals surface area (Å²) in [5.41, 5.74) is -1.67. The van der Waals surface area contributed by atoms with Crippen LogP contribution in [0.2, 0.25) is 0 Å². The molecule has 0 radical (unpaired) electrons. The summed E-state index contributed by atoms with van der Waals surface area (Å²) in [7, 11) is -3.03. The Morgan fingerprint density at radius 2 is 1.84 bits per heavy atom. The van der Waals surface area contributed by atoms with E-state index in [1.165, 1.54) is 13.1 Å². The van der Waals surface area contributed by atoms with Gasteiger partial charge in [-0.15, -0.1) is 0 Å². The van der Waals surface area contributed by atoms with Crippen LogP contribution in [0, 0.1) is 4.91 Å². The first-order valence-electron chi connectivity index (χ1n) is 5.70. The molecule has 0 aliphatic carbocycles. The van der Waals surface area contributed by atoms with Gasteiger partial charge in [-0.2, -0.15) is 8.42 Å². The number of hydrogen-bond acceptors (Lipinski definition) is 4. The van der Waals surface area contributed by atoms with Crippen molar-refractivity contribution in [3.63, 3.8) is 0 Å². The summed E-state index contributed by atoms with van der Waals surface area (Å²) in [4.78, 5) is 25.2. The van der Waals surface area contributed by atoms with Gasteiger partial charge < -0.3 is 4.90 Å². The van der Waals surface area contributed by atoms with Crippen LogP contribution in [-0.4, -0.2) is 52.5 Å². The molecule has 1 amide bonds. The Labute approximate surface area is 112 Å². The highest BCUT2D eigenvalue weighted by atomic mass is 32.2. The van der Waals surface area contributed by atoms with Gasteiger partial charge in [-0.25, -0.2) is 0 Å². The van der Waals surface area contributed by atoms with Crippen LogP contribution in [0.5, 0.6) is 0 Å². The average Bonchev–Trinajstić information content (AvgIpc) is 2.35. The van der Waals surface area contributed by atoms with E-state index >= 15 is 0 Å². The molecular formula is C11H19N2O5S+. The average molecular weight is 291 g/mol. The monoisotopic (exact) mass is 291 g/mol. The Morgan fingerprint density at radius 3 is 2.16 bits per heavy atom. The molecule has 1 aliphatic heterocycles. The van der Waals surface area contributed by atoms with Gasteiger partial charge in [0.25, 0.3) is 16.0 Å². The SMILES string of the molecule is CN(CS(=O)(=O)O)C(=O)C1=CC(C)(C)[N+](=O)C1(C)C. The second-order valence-electron chi connectivity index (χ2n) is 5.78. The van der Waals surface area contributed by atoms with Gasteiger partial charge in [0.05, 0.1) is 5.57 Å². The molecular weight excluding hydrogens is 272 g/mol. The molecule has 0 atom stereocenters. The van der Waals surface area contributed by atoms with E-state index < -0.39 is 33.0 Å². The Kier molecular flexibility index (Phi) is 3.64. The van der Waals surface area contributed by atoms with E-state index in [4.69, 9.17) is 4.55 Å². The largest absolute Gasteiger partial charge is 0.325 e. The van der Waals surface area contributed by atoms with E-state index in [0.717, 1.165) is 9.66 Å². The summed E-state index contributed by atoms with van der Waals surface area (Å²) in [6.07, 6.45) is 1.53. The number of amides is 1. The molecule has 19 heavy (non-hydrogen) atoms.